The van der Waals surface area contributed by atoms with E-state index in [-0.39, 0.29) is 16.8 Å². The number of anilines is 1. The van der Waals surface area contributed by atoms with Gasteiger partial charge in [-0.05, 0) is 33.1 Å². The Hall–Kier alpha value is -1.47. The molecule has 3 heterocycles. The van der Waals surface area contributed by atoms with Crippen molar-refractivity contribution in [2.24, 2.45) is 0 Å². The zero-order valence-electron chi connectivity index (χ0n) is 15.2. The maximum atomic E-state index is 12.4. The van der Waals surface area contributed by atoms with E-state index in [0.717, 1.165) is 49.6 Å². The number of morpholine rings is 1. The summed E-state index contributed by atoms with van der Waals surface area (Å²) in [6.45, 7) is 8.03. The van der Waals surface area contributed by atoms with Gasteiger partial charge in [-0.3, -0.25) is 4.79 Å². The van der Waals surface area contributed by atoms with Crippen LogP contribution in [0.25, 0.3) is 4.96 Å². The highest BCUT2D eigenvalue weighted by Crippen LogP contribution is 2.42. The van der Waals surface area contributed by atoms with Crippen molar-refractivity contribution in [1.29, 1.82) is 0 Å². The number of hydrogen-bond acceptors (Lipinski definition) is 6. The van der Waals surface area contributed by atoms with Crippen LogP contribution in [0.3, 0.4) is 0 Å². The van der Waals surface area contributed by atoms with Crippen molar-refractivity contribution in [3.05, 3.63) is 22.1 Å². The molecular weight excluding hydrogens is 336 g/mol. The zero-order chi connectivity index (χ0) is 17.7. The lowest BCUT2D eigenvalue weighted by Crippen LogP contribution is -2.58. The molecule has 0 atom stereocenters. The summed E-state index contributed by atoms with van der Waals surface area (Å²) in [5.74, 6) is 0. The lowest BCUT2D eigenvalue weighted by molar-refractivity contribution is -0.148. The Bertz CT molecular complexity index is 835. The summed E-state index contributed by atoms with van der Waals surface area (Å²) in [5.41, 5.74) is 0.494. The molecule has 136 valence electrons. The second kappa shape index (κ2) is 6.06. The lowest BCUT2D eigenvalue weighted by atomic mass is 9.94. The minimum absolute atomic E-state index is 0.0641. The van der Waals surface area contributed by atoms with Gasteiger partial charge in [-0.1, -0.05) is 37.5 Å². The fourth-order valence-electron chi connectivity index (χ4n) is 4.29. The third kappa shape index (κ3) is 3.19. The third-order valence-corrected chi connectivity index (χ3v) is 6.09. The van der Waals surface area contributed by atoms with Crippen LogP contribution in [0, 0.1) is 0 Å². The molecule has 25 heavy (non-hydrogen) atoms. The molecule has 0 radical (unpaired) electrons. The van der Waals surface area contributed by atoms with Gasteiger partial charge >= 0.3 is 0 Å². The second-order valence-electron chi connectivity index (χ2n) is 8.02. The Labute approximate surface area is 151 Å². The summed E-state index contributed by atoms with van der Waals surface area (Å²) >= 11 is 1.51. The molecule has 1 saturated heterocycles. The van der Waals surface area contributed by atoms with Crippen molar-refractivity contribution >= 4 is 21.4 Å². The maximum absolute atomic E-state index is 12.4. The third-order valence-electron chi connectivity index (χ3n) is 5.12. The van der Waals surface area contributed by atoms with Gasteiger partial charge in [-0.15, -0.1) is 5.10 Å². The molecule has 0 bridgehead atoms. The number of ether oxygens (including phenoxy) is 1. The highest BCUT2D eigenvalue weighted by atomic mass is 32.1. The number of rotatable bonds is 3. The predicted octanol–water partition coefficient (Wildman–Crippen LogP) is 3.03. The van der Waals surface area contributed by atoms with Crippen LogP contribution in [0.5, 0.6) is 0 Å². The second-order valence-corrected chi connectivity index (χ2v) is 8.96. The van der Waals surface area contributed by atoms with Crippen molar-refractivity contribution in [2.45, 2.75) is 70.5 Å². The summed E-state index contributed by atoms with van der Waals surface area (Å²) in [5, 5.41) is 5.46. The van der Waals surface area contributed by atoms with Gasteiger partial charge in [0, 0.05) is 24.8 Å². The quantitative estimate of drug-likeness (QED) is 0.840. The average molecular weight is 362 g/mol. The van der Waals surface area contributed by atoms with Gasteiger partial charge in [0.2, 0.25) is 10.1 Å². The summed E-state index contributed by atoms with van der Waals surface area (Å²) in [7, 11) is 0. The summed E-state index contributed by atoms with van der Waals surface area (Å²) in [4.78, 5) is 20.0. The lowest BCUT2D eigenvalue weighted by Gasteiger charge is -2.48. The highest BCUT2D eigenvalue weighted by Gasteiger charge is 2.46. The van der Waals surface area contributed by atoms with Gasteiger partial charge in [0.05, 0.1) is 11.2 Å². The standard InChI is InChI=1S/C18H26N4O2S/c1-4-7-13-10-14(23)22-15(19-13)25-16(20-22)21-11-17(2,3)24-18(12-21)8-5-6-9-18/h10H,4-9,11-12H2,1-3H3. The van der Waals surface area contributed by atoms with E-state index in [0.29, 0.717) is 4.96 Å². The number of nitrogens with zero attached hydrogens (tertiary/aromatic N) is 4. The molecule has 2 aromatic rings. The Morgan fingerprint density at radius 2 is 2.04 bits per heavy atom. The van der Waals surface area contributed by atoms with Crippen LogP contribution in [0.2, 0.25) is 0 Å². The molecule has 0 amide bonds. The van der Waals surface area contributed by atoms with E-state index in [2.05, 4.69) is 35.8 Å². The van der Waals surface area contributed by atoms with Crippen molar-refractivity contribution in [3.63, 3.8) is 0 Å². The largest absolute Gasteiger partial charge is 0.365 e. The number of fused-ring (bicyclic) bond motifs is 1. The molecule has 0 aromatic carbocycles. The van der Waals surface area contributed by atoms with Crippen LogP contribution in [-0.4, -0.2) is 38.9 Å². The molecule has 2 aromatic heterocycles. The van der Waals surface area contributed by atoms with Crippen molar-refractivity contribution in [2.75, 3.05) is 18.0 Å². The molecule has 0 N–H and O–H groups in total. The predicted molar refractivity (Wildman–Crippen MR) is 99.7 cm³/mol. The fraction of sp³-hybridized carbons (Fsp3) is 0.722. The first-order valence-electron chi connectivity index (χ1n) is 9.25. The SMILES string of the molecule is CCCc1cc(=O)n2nc(N3CC(C)(C)OC4(CCCC4)C3)sc2n1. The molecule has 1 aliphatic heterocycles. The van der Waals surface area contributed by atoms with Crippen LogP contribution < -0.4 is 10.5 Å². The molecule has 2 fully saturated rings. The van der Waals surface area contributed by atoms with E-state index in [1.54, 1.807) is 6.07 Å². The Morgan fingerprint density at radius 1 is 1.28 bits per heavy atom. The molecular formula is C18H26N4O2S. The van der Waals surface area contributed by atoms with Crippen molar-refractivity contribution < 1.29 is 4.74 Å². The fourth-order valence-corrected chi connectivity index (χ4v) is 5.21. The van der Waals surface area contributed by atoms with E-state index in [1.807, 2.05) is 0 Å². The zero-order valence-corrected chi connectivity index (χ0v) is 16.1. The van der Waals surface area contributed by atoms with Crippen molar-refractivity contribution in [1.82, 2.24) is 14.6 Å². The molecule has 6 nitrogen and oxygen atoms in total. The normalized spacial score (nSPS) is 22.1. The van der Waals surface area contributed by atoms with Gasteiger partial charge in [-0.25, -0.2) is 4.98 Å². The van der Waals surface area contributed by atoms with Gasteiger partial charge in [0.1, 0.15) is 0 Å². The maximum Gasteiger partial charge on any atom is 0.275 e. The molecule has 1 saturated carbocycles. The van der Waals surface area contributed by atoms with Crippen LogP contribution >= 0.6 is 11.3 Å². The molecule has 0 unspecified atom stereocenters. The Kier molecular flexibility index (Phi) is 4.11. The number of aromatic nitrogens is 3. The summed E-state index contributed by atoms with van der Waals surface area (Å²) < 4.78 is 7.92. The van der Waals surface area contributed by atoms with E-state index >= 15 is 0 Å². The first-order chi connectivity index (χ1) is 11.9. The smallest absolute Gasteiger partial charge is 0.275 e. The minimum atomic E-state index is -0.216. The number of hydrogen-bond donors (Lipinski definition) is 0. The monoisotopic (exact) mass is 362 g/mol. The summed E-state index contributed by atoms with van der Waals surface area (Å²) in [6.07, 6.45) is 6.48. The summed E-state index contributed by atoms with van der Waals surface area (Å²) in [6, 6.07) is 1.61. The van der Waals surface area contributed by atoms with Gasteiger partial charge in [-0.2, -0.15) is 4.52 Å². The van der Waals surface area contributed by atoms with Crippen LogP contribution in [0.1, 0.15) is 58.6 Å². The van der Waals surface area contributed by atoms with Crippen LogP contribution in [-0.2, 0) is 11.2 Å². The van der Waals surface area contributed by atoms with Gasteiger partial charge < -0.3 is 9.64 Å². The van der Waals surface area contributed by atoms with Crippen LogP contribution in [0.15, 0.2) is 10.9 Å². The Morgan fingerprint density at radius 3 is 2.76 bits per heavy atom. The first-order valence-corrected chi connectivity index (χ1v) is 10.1. The Balaban J connectivity index is 1.70. The molecule has 2 aliphatic rings. The van der Waals surface area contributed by atoms with Gasteiger partial charge in [0.25, 0.3) is 5.56 Å². The van der Waals surface area contributed by atoms with Gasteiger partial charge in [0.15, 0.2) is 0 Å². The average Bonchev–Trinajstić information content (AvgIpc) is 3.13. The molecule has 7 heteroatoms. The molecule has 1 spiro atoms. The van der Waals surface area contributed by atoms with Crippen molar-refractivity contribution in [3.8, 4) is 0 Å². The van der Waals surface area contributed by atoms with E-state index in [9.17, 15) is 4.79 Å². The first kappa shape index (κ1) is 17.0. The number of aryl methyl sites for hydroxylation is 1. The molecule has 4 rings (SSSR count). The van der Waals surface area contributed by atoms with E-state index < -0.39 is 0 Å². The topological polar surface area (TPSA) is 59.7 Å². The van der Waals surface area contributed by atoms with Crippen LogP contribution in [0.4, 0.5) is 5.13 Å². The molecule has 1 aliphatic carbocycles. The highest BCUT2D eigenvalue weighted by molar-refractivity contribution is 7.20. The van der Waals surface area contributed by atoms with E-state index in [1.165, 1.54) is 28.7 Å². The minimum Gasteiger partial charge on any atom is -0.365 e. The van der Waals surface area contributed by atoms with E-state index in [4.69, 9.17) is 4.74 Å².